The van der Waals surface area contributed by atoms with E-state index in [2.05, 4.69) is 13.2 Å². The summed E-state index contributed by atoms with van der Waals surface area (Å²) >= 11 is 0. The Morgan fingerprint density at radius 2 is 2.12 bits per heavy atom. The fourth-order valence-corrected chi connectivity index (χ4v) is 1.80. The van der Waals surface area contributed by atoms with Crippen molar-refractivity contribution in [1.29, 1.82) is 0 Å². The van der Waals surface area contributed by atoms with Gasteiger partial charge in [-0.3, -0.25) is 10.1 Å². The van der Waals surface area contributed by atoms with Crippen LogP contribution in [0.5, 0.6) is 0 Å². The second-order valence-electron chi connectivity index (χ2n) is 3.95. The minimum atomic E-state index is -0.563. The van der Waals surface area contributed by atoms with Crippen LogP contribution in [0.15, 0.2) is 36.6 Å². The molecule has 0 spiro atoms. The van der Waals surface area contributed by atoms with E-state index in [0.29, 0.717) is 11.5 Å². The van der Waals surface area contributed by atoms with Crippen molar-refractivity contribution in [2.24, 2.45) is 11.8 Å². The van der Waals surface area contributed by atoms with Crippen LogP contribution in [0.3, 0.4) is 0 Å². The minimum Gasteiger partial charge on any atom is -0.303 e. The Balaban J connectivity index is 2.85. The molecule has 0 aromatic heterocycles. The highest BCUT2D eigenvalue weighted by Crippen LogP contribution is 2.36. The average Bonchev–Trinajstić information content (AvgIpc) is 2.19. The fourth-order valence-electron chi connectivity index (χ4n) is 1.80. The van der Waals surface area contributed by atoms with Crippen molar-refractivity contribution in [2.45, 2.75) is 19.3 Å². The van der Waals surface area contributed by atoms with Gasteiger partial charge in [0.15, 0.2) is 0 Å². The van der Waals surface area contributed by atoms with Crippen molar-refractivity contribution in [1.82, 2.24) is 0 Å². The summed E-state index contributed by atoms with van der Waals surface area (Å²) in [4.78, 5) is 20.9. The van der Waals surface area contributed by atoms with Crippen LogP contribution in [0.4, 0.5) is 0 Å². The molecular weight excluding hydrogens is 206 g/mol. The Labute approximate surface area is 94.5 Å². The number of hydrogen-bond donors (Lipinski definition) is 0. The summed E-state index contributed by atoms with van der Waals surface area (Å²) in [6, 6.07) is 0. The predicted octanol–water partition coefficient (Wildman–Crippen LogP) is 2.50. The highest BCUT2D eigenvalue weighted by Gasteiger charge is 2.29. The summed E-state index contributed by atoms with van der Waals surface area (Å²) in [5, 5.41) is 10.5. The Kier molecular flexibility index (Phi) is 4.17. The highest BCUT2D eigenvalue weighted by molar-refractivity contribution is 5.62. The van der Waals surface area contributed by atoms with Crippen LogP contribution in [0.25, 0.3) is 0 Å². The van der Waals surface area contributed by atoms with Crippen molar-refractivity contribution in [2.75, 3.05) is 0 Å². The summed E-state index contributed by atoms with van der Waals surface area (Å²) in [7, 11) is 0. The van der Waals surface area contributed by atoms with E-state index in [0.717, 1.165) is 25.5 Å². The SMILES string of the molecule is C=C/C(=C\C(=C)[N+](=O)[O-])C(C=O)C1CCC1. The van der Waals surface area contributed by atoms with E-state index in [1.807, 2.05) is 0 Å². The van der Waals surface area contributed by atoms with Gasteiger partial charge in [-0.1, -0.05) is 19.1 Å². The number of nitrogens with zero attached hydrogens (tertiary/aromatic N) is 1. The second kappa shape index (κ2) is 5.39. The maximum atomic E-state index is 11.0. The van der Waals surface area contributed by atoms with Gasteiger partial charge in [0.2, 0.25) is 0 Å². The molecule has 1 fully saturated rings. The fraction of sp³-hybridized carbons (Fsp3) is 0.417. The zero-order valence-electron chi connectivity index (χ0n) is 9.09. The highest BCUT2D eigenvalue weighted by atomic mass is 16.6. The summed E-state index contributed by atoms with van der Waals surface area (Å²) < 4.78 is 0. The normalized spacial score (nSPS) is 18.4. The van der Waals surface area contributed by atoms with E-state index in [-0.39, 0.29) is 11.6 Å². The number of aldehydes is 1. The first-order valence-electron chi connectivity index (χ1n) is 5.22. The first kappa shape index (κ1) is 12.4. The minimum absolute atomic E-state index is 0.207. The molecule has 86 valence electrons. The summed E-state index contributed by atoms with van der Waals surface area (Å²) in [6.45, 7) is 6.91. The van der Waals surface area contributed by atoms with Crippen molar-refractivity contribution in [3.05, 3.63) is 46.7 Å². The standard InChI is InChI=1S/C12H15NO3/c1-3-10(7-9(2)13(15)16)12(8-14)11-5-4-6-11/h3,7-8,11-12H,1-2,4-6H2/b10-7+. The number of carbonyl (C=O) groups is 1. The molecule has 0 saturated heterocycles. The maximum Gasteiger partial charge on any atom is 0.262 e. The maximum absolute atomic E-state index is 11.0. The van der Waals surface area contributed by atoms with Gasteiger partial charge >= 0.3 is 0 Å². The van der Waals surface area contributed by atoms with E-state index in [9.17, 15) is 14.9 Å². The molecule has 0 bridgehead atoms. The van der Waals surface area contributed by atoms with Crippen LogP contribution < -0.4 is 0 Å². The zero-order valence-corrected chi connectivity index (χ0v) is 9.09. The molecule has 4 nitrogen and oxygen atoms in total. The molecule has 0 aliphatic heterocycles. The lowest BCUT2D eigenvalue weighted by molar-refractivity contribution is -0.418. The molecule has 1 rings (SSSR count). The average molecular weight is 221 g/mol. The number of nitro groups is 1. The molecule has 1 unspecified atom stereocenters. The molecule has 4 heteroatoms. The van der Waals surface area contributed by atoms with Gasteiger partial charge in [0, 0.05) is 12.0 Å². The lowest BCUT2D eigenvalue weighted by atomic mass is 9.73. The lowest BCUT2D eigenvalue weighted by Crippen LogP contribution is -2.24. The molecule has 1 aliphatic rings. The molecule has 0 aromatic rings. The molecule has 0 amide bonds. The van der Waals surface area contributed by atoms with Crippen molar-refractivity contribution < 1.29 is 9.72 Å². The van der Waals surface area contributed by atoms with Crippen molar-refractivity contribution >= 4 is 6.29 Å². The van der Waals surface area contributed by atoms with E-state index in [4.69, 9.17) is 0 Å². The summed E-state index contributed by atoms with van der Waals surface area (Å²) in [6.07, 6.45) is 6.82. The Hall–Kier alpha value is -1.71. The molecule has 16 heavy (non-hydrogen) atoms. The number of carbonyl (C=O) groups excluding carboxylic acids is 1. The predicted molar refractivity (Wildman–Crippen MR) is 61.3 cm³/mol. The Morgan fingerprint density at radius 1 is 1.50 bits per heavy atom. The van der Waals surface area contributed by atoms with Gasteiger partial charge in [-0.05, 0) is 30.9 Å². The van der Waals surface area contributed by atoms with Gasteiger partial charge in [-0.25, -0.2) is 0 Å². The number of rotatable bonds is 6. The van der Waals surface area contributed by atoms with E-state index < -0.39 is 4.92 Å². The van der Waals surface area contributed by atoms with E-state index >= 15 is 0 Å². The lowest BCUT2D eigenvalue weighted by Gasteiger charge is -2.31. The van der Waals surface area contributed by atoms with Crippen LogP contribution in [-0.4, -0.2) is 11.2 Å². The van der Waals surface area contributed by atoms with Crippen LogP contribution >= 0.6 is 0 Å². The van der Waals surface area contributed by atoms with E-state index in [1.54, 1.807) is 0 Å². The largest absolute Gasteiger partial charge is 0.303 e. The topological polar surface area (TPSA) is 60.2 Å². The van der Waals surface area contributed by atoms with Gasteiger partial charge < -0.3 is 4.79 Å². The van der Waals surface area contributed by atoms with Gasteiger partial charge in [0.25, 0.3) is 5.70 Å². The van der Waals surface area contributed by atoms with Crippen LogP contribution in [0.2, 0.25) is 0 Å². The zero-order chi connectivity index (χ0) is 12.1. The van der Waals surface area contributed by atoms with Crippen LogP contribution in [0.1, 0.15) is 19.3 Å². The molecule has 0 heterocycles. The molecule has 0 radical (unpaired) electrons. The van der Waals surface area contributed by atoms with Gasteiger partial charge in [0.1, 0.15) is 6.29 Å². The smallest absolute Gasteiger partial charge is 0.262 e. The van der Waals surface area contributed by atoms with Crippen molar-refractivity contribution in [3.8, 4) is 0 Å². The van der Waals surface area contributed by atoms with Crippen molar-refractivity contribution in [3.63, 3.8) is 0 Å². The van der Waals surface area contributed by atoms with Crippen LogP contribution in [0, 0.1) is 22.0 Å². The summed E-state index contributed by atoms with van der Waals surface area (Å²) in [5.74, 6) is 0.0317. The Bertz CT molecular complexity index is 353. The number of allylic oxidation sites excluding steroid dienone is 3. The second-order valence-corrected chi connectivity index (χ2v) is 3.95. The molecule has 1 saturated carbocycles. The molecular formula is C12H15NO3. The third-order valence-corrected chi connectivity index (χ3v) is 2.99. The van der Waals surface area contributed by atoms with Crippen LogP contribution in [-0.2, 0) is 4.79 Å². The molecule has 1 aliphatic carbocycles. The summed E-state index contributed by atoms with van der Waals surface area (Å²) in [5.41, 5.74) is 0.391. The van der Waals surface area contributed by atoms with E-state index in [1.165, 1.54) is 12.2 Å². The van der Waals surface area contributed by atoms with Gasteiger partial charge in [0.05, 0.1) is 4.92 Å². The van der Waals surface area contributed by atoms with Gasteiger partial charge in [-0.15, -0.1) is 0 Å². The molecule has 1 atom stereocenters. The van der Waals surface area contributed by atoms with Gasteiger partial charge in [-0.2, -0.15) is 0 Å². The quantitative estimate of drug-likeness (QED) is 0.299. The first-order chi connectivity index (χ1) is 7.60. The first-order valence-corrected chi connectivity index (χ1v) is 5.22. The number of hydrogen-bond acceptors (Lipinski definition) is 3. The molecule has 0 N–H and O–H groups in total. The monoisotopic (exact) mass is 221 g/mol. The third kappa shape index (κ3) is 2.66. The third-order valence-electron chi connectivity index (χ3n) is 2.99. The molecule has 0 aromatic carbocycles. The Morgan fingerprint density at radius 3 is 2.44 bits per heavy atom.